The third kappa shape index (κ3) is 2.52. The average molecular weight is 253 g/mol. The van der Waals surface area contributed by atoms with Crippen LogP contribution in [0.15, 0.2) is 0 Å². The summed E-state index contributed by atoms with van der Waals surface area (Å²) in [4.78, 5) is 2.37. The molecule has 1 aliphatic heterocycles. The van der Waals surface area contributed by atoms with Crippen molar-refractivity contribution >= 4 is 0 Å². The topological polar surface area (TPSA) is 50.5 Å². The van der Waals surface area contributed by atoms with Gasteiger partial charge in [0.15, 0.2) is 0 Å². The highest BCUT2D eigenvalue weighted by Gasteiger charge is 2.25. The van der Waals surface area contributed by atoms with Crippen molar-refractivity contribution in [3.63, 3.8) is 0 Å². The fraction of sp³-hybridized carbons (Fsp3) is 0.769. The van der Waals surface area contributed by atoms with Crippen LogP contribution >= 0.6 is 0 Å². The molecule has 1 N–H and O–H groups in total. The van der Waals surface area contributed by atoms with Crippen LogP contribution in [0.3, 0.4) is 0 Å². The lowest BCUT2D eigenvalue weighted by atomic mass is 10.1. The molecule has 0 saturated carbocycles. The quantitative estimate of drug-likeness (QED) is 0.843. The molecular weight excluding hydrogens is 230 g/mol. The molecule has 1 aromatic rings. The van der Waals surface area contributed by atoms with E-state index in [0.29, 0.717) is 12.5 Å². The number of likely N-dealkylation sites (tertiary alicyclic amines) is 1. The number of hydrogen-bond acceptors (Lipinski definition) is 4. The molecule has 1 aromatic heterocycles. The summed E-state index contributed by atoms with van der Waals surface area (Å²) in [7, 11) is 3.61. The van der Waals surface area contributed by atoms with Gasteiger partial charge in [-0.3, -0.25) is 4.90 Å². The Kier molecular flexibility index (Phi) is 4.24. The molecule has 1 fully saturated rings. The predicted molar refractivity (Wildman–Crippen MR) is 69.6 cm³/mol. The Morgan fingerprint density at radius 2 is 2.28 bits per heavy atom. The van der Waals surface area contributed by atoms with Crippen molar-refractivity contribution in [3.05, 3.63) is 11.3 Å². The van der Waals surface area contributed by atoms with Crippen LogP contribution in [0.4, 0.5) is 0 Å². The molecule has 1 aliphatic rings. The third-order valence-electron chi connectivity index (χ3n) is 3.71. The number of aliphatic hydroxyl groups excluding tert-OH is 1. The molecule has 0 aliphatic carbocycles. The summed E-state index contributed by atoms with van der Waals surface area (Å²) in [5.41, 5.74) is 2.31. The standard InChI is InChI=1S/C13H23N3O2/c1-4-12-11(13(18-3)15(2)14-12)8-16-6-5-10(7-16)9-17/h10,17H,4-9H2,1-3H3. The molecule has 0 radical (unpaired) electrons. The van der Waals surface area contributed by atoms with Crippen molar-refractivity contribution in [1.82, 2.24) is 14.7 Å². The van der Waals surface area contributed by atoms with Crippen LogP contribution in [0.1, 0.15) is 24.6 Å². The monoisotopic (exact) mass is 253 g/mol. The second-order valence-electron chi connectivity index (χ2n) is 4.98. The van der Waals surface area contributed by atoms with Gasteiger partial charge in [0.2, 0.25) is 5.88 Å². The third-order valence-corrected chi connectivity index (χ3v) is 3.71. The fourth-order valence-electron chi connectivity index (χ4n) is 2.73. The largest absolute Gasteiger partial charge is 0.481 e. The molecule has 2 rings (SSSR count). The van der Waals surface area contributed by atoms with E-state index in [4.69, 9.17) is 4.74 Å². The SMILES string of the molecule is CCc1nn(C)c(OC)c1CN1CCC(CO)C1. The normalized spacial score (nSPS) is 20.6. The van der Waals surface area contributed by atoms with Gasteiger partial charge in [-0.2, -0.15) is 5.10 Å². The lowest BCUT2D eigenvalue weighted by Gasteiger charge is -2.16. The number of nitrogens with zero attached hydrogens (tertiary/aromatic N) is 3. The second kappa shape index (κ2) is 5.71. The first-order chi connectivity index (χ1) is 8.69. The first-order valence-electron chi connectivity index (χ1n) is 6.61. The van der Waals surface area contributed by atoms with Gasteiger partial charge in [-0.05, 0) is 25.3 Å². The van der Waals surface area contributed by atoms with Gasteiger partial charge in [-0.25, -0.2) is 4.68 Å². The van der Waals surface area contributed by atoms with Gasteiger partial charge in [-0.1, -0.05) is 6.92 Å². The summed E-state index contributed by atoms with van der Waals surface area (Å²) in [6, 6.07) is 0. The zero-order chi connectivity index (χ0) is 13.1. The summed E-state index contributed by atoms with van der Waals surface area (Å²) in [5.74, 6) is 1.29. The Morgan fingerprint density at radius 1 is 1.50 bits per heavy atom. The average Bonchev–Trinajstić information content (AvgIpc) is 2.94. The molecule has 5 heteroatoms. The van der Waals surface area contributed by atoms with E-state index in [-0.39, 0.29) is 0 Å². The first kappa shape index (κ1) is 13.4. The van der Waals surface area contributed by atoms with E-state index in [1.807, 2.05) is 11.7 Å². The Bertz CT molecular complexity index is 403. The maximum atomic E-state index is 9.19. The van der Waals surface area contributed by atoms with E-state index in [9.17, 15) is 5.11 Å². The molecule has 1 unspecified atom stereocenters. The van der Waals surface area contributed by atoms with Crippen molar-refractivity contribution in [2.45, 2.75) is 26.3 Å². The van der Waals surface area contributed by atoms with Gasteiger partial charge in [0.1, 0.15) is 0 Å². The van der Waals surface area contributed by atoms with Crippen LogP contribution in [0.5, 0.6) is 5.88 Å². The fourth-order valence-corrected chi connectivity index (χ4v) is 2.73. The number of methoxy groups -OCH3 is 1. The first-order valence-corrected chi connectivity index (χ1v) is 6.61. The minimum Gasteiger partial charge on any atom is -0.481 e. The van der Waals surface area contributed by atoms with Gasteiger partial charge in [0.25, 0.3) is 0 Å². The Balaban J connectivity index is 2.13. The van der Waals surface area contributed by atoms with Crippen LogP contribution < -0.4 is 4.74 Å². The van der Waals surface area contributed by atoms with E-state index >= 15 is 0 Å². The van der Waals surface area contributed by atoms with E-state index < -0.39 is 0 Å². The van der Waals surface area contributed by atoms with Crippen molar-refractivity contribution in [2.75, 3.05) is 26.8 Å². The van der Waals surface area contributed by atoms with Gasteiger partial charge in [0, 0.05) is 26.7 Å². The summed E-state index contributed by atoms with van der Waals surface area (Å²) >= 11 is 0. The van der Waals surface area contributed by atoms with E-state index in [1.165, 1.54) is 5.56 Å². The molecule has 0 amide bonds. The van der Waals surface area contributed by atoms with Gasteiger partial charge in [-0.15, -0.1) is 0 Å². The zero-order valence-electron chi connectivity index (χ0n) is 11.5. The number of aryl methyl sites for hydroxylation is 2. The van der Waals surface area contributed by atoms with Gasteiger partial charge in [0.05, 0.1) is 18.4 Å². The van der Waals surface area contributed by atoms with Crippen molar-refractivity contribution in [2.24, 2.45) is 13.0 Å². The summed E-state index contributed by atoms with van der Waals surface area (Å²) in [5, 5.41) is 13.7. The minimum atomic E-state index is 0.293. The van der Waals surface area contributed by atoms with Crippen LogP contribution in [0.2, 0.25) is 0 Å². The van der Waals surface area contributed by atoms with Crippen molar-refractivity contribution in [3.8, 4) is 5.88 Å². The van der Waals surface area contributed by atoms with Crippen LogP contribution in [0.25, 0.3) is 0 Å². The van der Waals surface area contributed by atoms with Crippen LogP contribution in [0, 0.1) is 5.92 Å². The second-order valence-corrected chi connectivity index (χ2v) is 4.98. The lowest BCUT2D eigenvalue weighted by molar-refractivity contribution is 0.219. The molecule has 1 saturated heterocycles. The molecule has 0 aromatic carbocycles. The summed E-state index contributed by atoms with van der Waals surface area (Å²) in [6.45, 7) is 5.30. The number of aliphatic hydroxyl groups is 1. The van der Waals surface area contributed by atoms with E-state index in [1.54, 1.807) is 7.11 Å². The molecule has 5 nitrogen and oxygen atoms in total. The highest BCUT2D eigenvalue weighted by Crippen LogP contribution is 2.26. The van der Waals surface area contributed by atoms with Crippen molar-refractivity contribution in [1.29, 1.82) is 0 Å². The Labute approximate surface area is 108 Å². The maximum absolute atomic E-state index is 9.19. The van der Waals surface area contributed by atoms with Gasteiger partial charge < -0.3 is 9.84 Å². The van der Waals surface area contributed by atoms with Crippen LogP contribution in [-0.4, -0.2) is 46.6 Å². The number of aromatic nitrogens is 2. The highest BCUT2D eigenvalue weighted by molar-refractivity contribution is 5.31. The smallest absolute Gasteiger partial charge is 0.216 e. The molecule has 0 spiro atoms. The number of ether oxygens (including phenoxy) is 1. The maximum Gasteiger partial charge on any atom is 0.216 e. The summed E-state index contributed by atoms with van der Waals surface area (Å²) < 4.78 is 7.26. The van der Waals surface area contributed by atoms with Gasteiger partial charge >= 0.3 is 0 Å². The van der Waals surface area contributed by atoms with Crippen LogP contribution in [-0.2, 0) is 20.0 Å². The van der Waals surface area contributed by atoms with E-state index in [0.717, 1.165) is 44.0 Å². The Hall–Kier alpha value is -1.07. The van der Waals surface area contributed by atoms with Crippen molar-refractivity contribution < 1.29 is 9.84 Å². The predicted octanol–water partition coefficient (Wildman–Crippen LogP) is 0.805. The number of hydrogen-bond donors (Lipinski definition) is 1. The molecule has 2 heterocycles. The lowest BCUT2D eigenvalue weighted by Crippen LogP contribution is -2.21. The molecule has 102 valence electrons. The Morgan fingerprint density at radius 3 is 2.83 bits per heavy atom. The highest BCUT2D eigenvalue weighted by atomic mass is 16.5. The molecule has 1 atom stereocenters. The molecule has 0 bridgehead atoms. The minimum absolute atomic E-state index is 0.293. The molecular formula is C13H23N3O2. The zero-order valence-corrected chi connectivity index (χ0v) is 11.5. The summed E-state index contributed by atoms with van der Waals surface area (Å²) in [6.07, 6.45) is 2.00. The van der Waals surface area contributed by atoms with E-state index in [2.05, 4.69) is 16.9 Å². The number of rotatable bonds is 5. The molecule has 18 heavy (non-hydrogen) atoms.